The molecule has 0 aliphatic carbocycles. The van der Waals surface area contributed by atoms with Crippen LogP contribution in [-0.4, -0.2) is 11.9 Å². The van der Waals surface area contributed by atoms with Crippen LogP contribution in [0.3, 0.4) is 0 Å². The molecule has 4 heteroatoms. The Morgan fingerprint density at radius 2 is 2.00 bits per heavy atom. The Labute approximate surface area is 108 Å². The van der Waals surface area contributed by atoms with E-state index in [1.807, 2.05) is 47.2 Å². The number of carbonyl (C=O) groups is 1. The number of esters is 1. The van der Waals surface area contributed by atoms with Crippen molar-refractivity contribution in [3.63, 3.8) is 0 Å². The molecule has 18 heavy (non-hydrogen) atoms. The molecule has 0 N–H and O–H groups in total. The standard InChI is InChI=1S/C14H9NO2S/c16-14-12(8-10-6-7-18-9-10)15-13(17-14)11-4-2-1-3-5-11/h1-9H. The molecule has 0 spiro atoms. The van der Waals surface area contributed by atoms with Gasteiger partial charge in [0.15, 0.2) is 5.70 Å². The number of hydrogen-bond acceptors (Lipinski definition) is 4. The van der Waals surface area contributed by atoms with Crippen molar-refractivity contribution < 1.29 is 9.53 Å². The number of aliphatic imine (C=N–C) groups is 1. The molecule has 1 aromatic heterocycles. The SMILES string of the molecule is O=C1OC(c2ccccc2)=NC1=Cc1ccsc1. The first-order chi connectivity index (χ1) is 8.83. The third-order valence-corrected chi connectivity index (χ3v) is 3.19. The highest BCUT2D eigenvalue weighted by atomic mass is 32.1. The normalized spacial score (nSPS) is 16.8. The Hall–Kier alpha value is -2.20. The maximum Gasteiger partial charge on any atom is 0.363 e. The summed E-state index contributed by atoms with van der Waals surface area (Å²) in [5.41, 5.74) is 2.11. The van der Waals surface area contributed by atoms with Crippen molar-refractivity contribution in [2.45, 2.75) is 0 Å². The van der Waals surface area contributed by atoms with Crippen molar-refractivity contribution in [1.29, 1.82) is 0 Å². The zero-order valence-electron chi connectivity index (χ0n) is 9.37. The first kappa shape index (κ1) is 10.9. The zero-order valence-corrected chi connectivity index (χ0v) is 10.2. The molecule has 0 bridgehead atoms. The number of rotatable bonds is 2. The molecule has 1 aliphatic heterocycles. The molecule has 1 aromatic carbocycles. The minimum Gasteiger partial charge on any atom is -0.402 e. The topological polar surface area (TPSA) is 38.7 Å². The van der Waals surface area contributed by atoms with Gasteiger partial charge in [-0.1, -0.05) is 18.2 Å². The van der Waals surface area contributed by atoms with Gasteiger partial charge in [0.05, 0.1) is 0 Å². The maximum atomic E-state index is 11.7. The van der Waals surface area contributed by atoms with Crippen LogP contribution in [0.1, 0.15) is 11.1 Å². The summed E-state index contributed by atoms with van der Waals surface area (Å²) in [6.07, 6.45) is 1.73. The van der Waals surface area contributed by atoms with E-state index in [1.165, 1.54) is 0 Å². The summed E-state index contributed by atoms with van der Waals surface area (Å²) in [6, 6.07) is 11.3. The third-order valence-electron chi connectivity index (χ3n) is 2.49. The van der Waals surface area contributed by atoms with Gasteiger partial charge in [-0.3, -0.25) is 0 Å². The van der Waals surface area contributed by atoms with Gasteiger partial charge in [-0.15, -0.1) is 0 Å². The Bertz CT molecular complexity index is 627. The molecule has 0 fully saturated rings. The Morgan fingerprint density at radius 3 is 2.72 bits per heavy atom. The van der Waals surface area contributed by atoms with Crippen molar-refractivity contribution in [1.82, 2.24) is 0 Å². The lowest BCUT2D eigenvalue weighted by Crippen LogP contribution is -2.04. The van der Waals surface area contributed by atoms with Gasteiger partial charge in [0.2, 0.25) is 5.90 Å². The quantitative estimate of drug-likeness (QED) is 0.611. The van der Waals surface area contributed by atoms with Crippen LogP contribution in [0.5, 0.6) is 0 Å². The summed E-state index contributed by atoms with van der Waals surface area (Å²) in [6.45, 7) is 0. The van der Waals surface area contributed by atoms with E-state index in [0.29, 0.717) is 11.6 Å². The molecular formula is C14H9NO2S. The average molecular weight is 255 g/mol. The van der Waals surface area contributed by atoms with Gasteiger partial charge >= 0.3 is 5.97 Å². The van der Waals surface area contributed by atoms with Crippen LogP contribution in [0.25, 0.3) is 6.08 Å². The van der Waals surface area contributed by atoms with Crippen LogP contribution >= 0.6 is 11.3 Å². The Kier molecular flexibility index (Phi) is 2.78. The second kappa shape index (κ2) is 4.58. The zero-order chi connectivity index (χ0) is 12.4. The van der Waals surface area contributed by atoms with E-state index < -0.39 is 5.97 Å². The molecule has 0 saturated carbocycles. The smallest absolute Gasteiger partial charge is 0.363 e. The molecule has 3 nitrogen and oxygen atoms in total. The van der Waals surface area contributed by atoms with Crippen molar-refractivity contribution in [2.75, 3.05) is 0 Å². The third kappa shape index (κ3) is 2.10. The van der Waals surface area contributed by atoms with E-state index in [0.717, 1.165) is 11.1 Å². The Balaban J connectivity index is 1.95. The van der Waals surface area contributed by atoms with Crippen LogP contribution in [0.4, 0.5) is 0 Å². The van der Waals surface area contributed by atoms with E-state index in [-0.39, 0.29) is 0 Å². The van der Waals surface area contributed by atoms with E-state index in [1.54, 1.807) is 17.4 Å². The molecular weight excluding hydrogens is 246 g/mol. The van der Waals surface area contributed by atoms with Crippen molar-refractivity contribution in [3.8, 4) is 0 Å². The lowest BCUT2D eigenvalue weighted by atomic mass is 10.2. The van der Waals surface area contributed by atoms with Crippen molar-refractivity contribution >= 4 is 29.3 Å². The lowest BCUT2D eigenvalue weighted by Gasteiger charge is -1.97. The van der Waals surface area contributed by atoms with Crippen molar-refractivity contribution in [2.24, 2.45) is 4.99 Å². The van der Waals surface area contributed by atoms with Gasteiger partial charge in [0.1, 0.15) is 0 Å². The number of benzene rings is 1. The average Bonchev–Trinajstić information content (AvgIpc) is 3.02. The summed E-state index contributed by atoms with van der Waals surface area (Å²) < 4.78 is 5.15. The molecule has 0 saturated heterocycles. The lowest BCUT2D eigenvalue weighted by molar-refractivity contribution is -0.129. The minimum atomic E-state index is -0.403. The highest BCUT2D eigenvalue weighted by molar-refractivity contribution is 7.08. The summed E-state index contributed by atoms with van der Waals surface area (Å²) in [7, 11) is 0. The highest BCUT2D eigenvalue weighted by Gasteiger charge is 2.23. The highest BCUT2D eigenvalue weighted by Crippen LogP contribution is 2.19. The summed E-state index contributed by atoms with van der Waals surface area (Å²) in [4.78, 5) is 15.9. The number of thiophene rings is 1. The first-order valence-electron chi connectivity index (χ1n) is 5.43. The molecule has 3 rings (SSSR count). The molecule has 1 aliphatic rings. The van der Waals surface area contributed by atoms with Crippen molar-refractivity contribution in [3.05, 3.63) is 64.0 Å². The number of carbonyl (C=O) groups excluding carboxylic acids is 1. The van der Waals surface area contributed by atoms with Crippen LogP contribution in [0.2, 0.25) is 0 Å². The van der Waals surface area contributed by atoms with Crippen LogP contribution in [0, 0.1) is 0 Å². The summed E-state index contributed by atoms with van der Waals surface area (Å²) in [5, 5.41) is 3.91. The fraction of sp³-hybridized carbons (Fsp3) is 0. The molecule has 2 heterocycles. The second-order valence-electron chi connectivity index (χ2n) is 3.76. The molecule has 2 aromatic rings. The molecule has 0 amide bonds. The summed E-state index contributed by atoms with van der Waals surface area (Å²) in [5.74, 6) is -0.0397. The first-order valence-corrected chi connectivity index (χ1v) is 6.37. The van der Waals surface area contributed by atoms with E-state index in [4.69, 9.17) is 4.74 Å². The van der Waals surface area contributed by atoms with Gasteiger partial charge in [0, 0.05) is 5.56 Å². The number of ether oxygens (including phenoxy) is 1. The van der Waals surface area contributed by atoms with Crippen LogP contribution in [-0.2, 0) is 9.53 Å². The fourth-order valence-corrected chi connectivity index (χ4v) is 2.25. The fourth-order valence-electron chi connectivity index (χ4n) is 1.63. The number of cyclic esters (lactones) is 1. The van der Waals surface area contributed by atoms with Gasteiger partial charge in [-0.25, -0.2) is 9.79 Å². The van der Waals surface area contributed by atoms with Gasteiger partial charge < -0.3 is 4.74 Å². The van der Waals surface area contributed by atoms with Crippen LogP contribution in [0.15, 0.2) is 57.8 Å². The number of nitrogens with zero attached hydrogens (tertiary/aromatic N) is 1. The van der Waals surface area contributed by atoms with Gasteiger partial charge in [-0.2, -0.15) is 11.3 Å². The monoisotopic (exact) mass is 255 g/mol. The largest absolute Gasteiger partial charge is 0.402 e. The van der Waals surface area contributed by atoms with E-state index in [9.17, 15) is 4.79 Å². The number of hydrogen-bond donors (Lipinski definition) is 0. The molecule has 0 radical (unpaired) electrons. The molecule has 0 unspecified atom stereocenters. The second-order valence-corrected chi connectivity index (χ2v) is 4.54. The predicted octanol–water partition coefficient (Wildman–Crippen LogP) is 3.09. The predicted molar refractivity (Wildman–Crippen MR) is 71.4 cm³/mol. The minimum absolute atomic E-state index is 0.340. The van der Waals surface area contributed by atoms with Crippen LogP contribution < -0.4 is 0 Å². The van der Waals surface area contributed by atoms with Gasteiger partial charge in [0.25, 0.3) is 0 Å². The van der Waals surface area contributed by atoms with E-state index >= 15 is 0 Å². The summed E-state index contributed by atoms with van der Waals surface area (Å²) >= 11 is 1.58. The molecule has 0 atom stereocenters. The van der Waals surface area contributed by atoms with Gasteiger partial charge in [-0.05, 0) is 40.6 Å². The maximum absolute atomic E-state index is 11.7. The Morgan fingerprint density at radius 1 is 1.17 bits per heavy atom. The van der Waals surface area contributed by atoms with E-state index in [2.05, 4.69) is 4.99 Å². The molecule has 88 valence electrons.